The number of esters is 1. The SMILES string of the molecule is CCOC(=O)c1ccc(NC(=O)CN2C(=O)COc3ccc(-c4csc(CCOC)n4)cc32)cc1. The minimum atomic E-state index is -0.428. The van der Waals surface area contributed by atoms with Gasteiger partial charge in [0.1, 0.15) is 12.3 Å². The van der Waals surface area contributed by atoms with Crippen LogP contribution in [0.4, 0.5) is 11.4 Å². The molecule has 35 heavy (non-hydrogen) atoms. The quantitative estimate of drug-likeness (QED) is 0.453. The molecule has 0 fully saturated rings. The molecule has 4 rings (SSSR count). The van der Waals surface area contributed by atoms with Crippen molar-refractivity contribution in [1.29, 1.82) is 0 Å². The molecule has 1 aliphatic rings. The van der Waals surface area contributed by atoms with Gasteiger partial charge in [-0.1, -0.05) is 0 Å². The lowest BCUT2D eigenvalue weighted by molar-refractivity contribution is -0.123. The average Bonchev–Trinajstić information content (AvgIpc) is 3.34. The van der Waals surface area contributed by atoms with Crippen molar-refractivity contribution in [2.24, 2.45) is 0 Å². The van der Waals surface area contributed by atoms with E-state index in [1.807, 2.05) is 17.5 Å². The van der Waals surface area contributed by atoms with E-state index in [1.165, 1.54) is 4.90 Å². The predicted molar refractivity (Wildman–Crippen MR) is 132 cm³/mol. The molecule has 10 heteroatoms. The molecule has 1 N–H and O–H groups in total. The summed E-state index contributed by atoms with van der Waals surface area (Å²) in [6.07, 6.45) is 0.723. The van der Waals surface area contributed by atoms with Crippen LogP contribution in [-0.2, 0) is 25.5 Å². The second-order valence-electron chi connectivity index (χ2n) is 7.67. The number of benzene rings is 2. The molecule has 9 nitrogen and oxygen atoms in total. The van der Waals surface area contributed by atoms with Crippen molar-refractivity contribution in [1.82, 2.24) is 4.98 Å². The zero-order valence-electron chi connectivity index (χ0n) is 19.4. The van der Waals surface area contributed by atoms with E-state index < -0.39 is 5.97 Å². The Hall–Kier alpha value is -3.76. The molecule has 1 aliphatic heterocycles. The van der Waals surface area contributed by atoms with Gasteiger partial charge in [-0.2, -0.15) is 0 Å². The van der Waals surface area contributed by atoms with Crippen molar-refractivity contribution < 1.29 is 28.6 Å². The molecule has 1 aromatic heterocycles. The molecule has 0 atom stereocenters. The van der Waals surface area contributed by atoms with Crippen LogP contribution in [0.2, 0.25) is 0 Å². The third-order valence-electron chi connectivity index (χ3n) is 5.25. The molecule has 182 valence electrons. The molecular formula is C25H25N3O6S. The summed E-state index contributed by atoms with van der Waals surface area (Å²) in [5.74, 6) is -0.602. The van der Waals surface area contributed by atoms with Crippen molar-refractivity contribution >= 4 is 40.5 Å². The maximum atomic E-state index is 12.8. The van der Waals surface area contributed by atoms with Crippen LogP contribution in [0.1, 0.15) is 22.3 Å². The summed E-state index contributed by atoms with van der Waals surface area (Å²) in [7, 11) is 1.65. The van der Waals surface area contributed by atoms with Crippen LogP contribution in [0, 0.1) is 0 Å². The summed E-state index contributed by atoms with van der Waals surface area (Å²) < 4.78 is 15.6. The third kappa shape index (κ3) is 5.84. The first kappa shape index (κ1) is 24.4. The second-order valence-corrected chi connectivity index (χ2v) is 8.61. The summed E-state index contributed by atoms with van der Waals surface area (Å²) in [6, 6.07) is 11.8. The van der Waals surface area contributed by atoms with Gasteiger partial charge in [0.2, 0.25) is 5.91 Å². The van der Waals surface area contributed by atoms with Gasteiger partial charge in [-0.15, -0.1) is 11.3 Å². The summed E-state index contributed by atoms with van der Waals surface area (Å²) in [5.41, 5.74) is 3.01. The van der Waals surface area contributed by atoms with E-state index in [-0.39, 0.29) is 31.6 Å². The fraction of sp³-hybridized carbons (Fsp3) is 0.280. The molecule has 0 saturated carbocycles. The average molecular weight is 496 g/mol. The molecule has 0 aliphatic carbocycles. The van der Waals surface area contributed by atoms with E-state index in [1.54, 1.807) is 55.7 Å². The Balaban J connectivity index is 1.48. The highest BCUT2D eigenvalue weighted by atomic mass is 32.1. The van der Waals surface area contributed by atoms with E-state index in [2.05, 4.69) is 10.3 Å². The van der Waals surface area contributed by atoms with Gasteiger partial charge in [-0.25, -0.2) is 9.78 Å². The molecule has 0 saturated heterocycles. The maximum Gasteiger partial charge on any atom is 0.338 e. The Labute approximate surface area is 206 Å². The number of carbonyl (C=O) groups is 3. The van der Waals surface area contributed by atoms with Gasteiger partial charge < -0.3 is 19.5 Å². The normalized spacial score (nSPS) is 12.6. The van der Waals surface area contributed by atoms with E-state index in [0.29, 0.717) is 29.3 Å². The van der Waals surface area contributed by atoms with Crippen LogP contribution < -0.4 is 15.0 Å². The maximum absolute atomic E-state index is 12.8. The minimum absolute atomic E-state index is 0.147. The van der Waals surface area contributed by atoms with Gasteiger partial charge in [-0.3, -0.25) is 14.5 Å². The summed E-state index contributed by atoms with van der Waals surface area (Å²) in [5, 5.41) is 5.67. The van der Waals surface area contributed by atoms with Crippen molar-refractivity contribution in [2.75, 3.05) is 43.7 Å². The van der Waals surface area contributed by atoms with Gasteiger partial charge in [0, 0.05) is 30.2 Å². The first-order valence-corrected chi connectivity index (χ1v) is 11.9. The topological polar surface area (TPSA) is 107 Å². The number of carbonyl (C=O) groups excluding carboxylic acids is 3. The third-order valence-corrected chi connectivity index (χ3v) is 6.16. The highest BCUT2D eigenvalue weighted by Gasteiger charge is 2.28. The lowest BCUT2D eigenvalue weighted by Crippen LogP contribution is -2.43. The highest BCUT2D eigenvalue weighted by Crippen LogP contribution is 2.36. The summed E-state index contributed by atoms with van der Waals surface area (Å²) in [4.78, 5) is 43.2. The molecule has 2 heterocycles. The zero-order chi connectivity index (χ0) is 24.8. The van der Waals surface area contributed by atoms with Crippen molar-refractivity contribution in [2.45, 2.75) is 13.3 Å². The van der Waals surface area contributed by atoms with Crippen LogP contribution in [0.3, 0.4) is 0 Å². The Morgan fingerprint density at radius 3 is 2.74 bits per heavy atom. The molecule has 3 aromatic rings. The molecule has 0 radical (unpaired) electrons. The van der Waals surface area contributed by atoms with Gasteiger partial charge in [0.25, 0.3) is 5.91 Å². The number of anilines is 2. The number of methoxy groups -OCH3 is 1. The second kappa shape index (κ2) is 11.1. The molecule has 2 amide bonds. The molecule has 0 bridgehead atoms. The van der Waals surface area contributed by atoms with Gasteiger partial charge in [0.05, 0.1) is 35.2 Å². The predicted octanol–water partition coefficient (Wildman–Crippen LogP) is 3.54. The van der Waals surface area contributed by atoms with Gasteiger partial charge in [0.15, 0.2) is 6.61 Å². The Morgan fingerprint density at radius 2 is 2.00 bits per heavy atom. The fourth-order valence-electron chi connectivity index (χ4n) is 3.53. The number of hydrogen-bond acceptors (Lipinski definition) is 8. The number of nitrogens with one attached hydrogen (secondary N) is 1. The van der Waals surface area contributed by atoms with Crippen molar-refractivity contribution in [3.05, 3.63) is 58.4 Å². The first-order chi connectivity index (χ1) is 17.0. The minimum Gasteiger partial charge on any atom is -0.482 e. The van der Waals surface area contributed by atoms with Crippen LogP contribution in [0.5, 0.6) is 5.75 Å². The Kier molecular flexibility index (Phi) is 7.74. The first-order valence-electron chi connectivity index (χ1n) is 11.1. The van der Waals surface area contributed by atoms with Crippen molar-refractivity contribution in [3.63, 3.8) is 0 Å². The van der Waals surface area contributed by atoms with Gasteiger partial charge >= 0.3 is 5.97 Å². The number of thiazole rings is 1. The number of rotatable bonds is 9. The summed E-state index contributed by atoms with van der Waals surface area (Å²) >= 11 is 1.54. The number of hydrogen-bond donors (Lipinski definition) is 1. The summed E-state index contributed by atoms with van der Waals surface area (Å²) in [6.45, 7) is 2.28. The number of nitrogens with zero attached hydrogens (tertiary/aromatic N) is 2. The number of aromatic nitrogens is 1. The molecule has 0 unspecified atom stereocenters. The standard InChI is InChI=1S/C25H25N3O6S/c1-3-33-25(31)16-4-7-18(8-5-16)26-22(29)13-28-20-12-17(6-9-21(20)34-14-24(28)30)19-15-35-23(27-19)10-11-32-2/h4-9,12,15H,3,10-11,13-14H2,1-2H3,(H,26,29). The zero-order valence-corrected chi connectivity index (χ0v) is 20.2. The van der Waals surface area contributed by atoms with Crippen LogP contribution >= 0.6 is 11.3 Å². The molecule has 0 spiro atoms. The lowest BCUT2D eigenvalue weighted by atomic mass is 10.1. The Morgan fingerprint density at radius 1 is 1.20 bits per heavy atom. The van der Waals surface area contributed by atoms with E-state index in [9.17, 15) is 14.4 Å². The number of amides is 2. The van der Waals surface area contributed by atoms with E-state index in [4.69, 9.17) is 14.2 Å². The van der Waals surface area contributed by atoms with E-state index >= 15 is 0 Å². The van der Waals surface area contributed by atoms with Gasteiger partial charge in [-0.05, 0) is 49.4 Å². The number of fused-ring (bicyclic) bond motifs is 1. The fourth-order valence-corrected chi connectivity index (χ4v) is 4.32. The van der Waals surface area contributed by atoms with Crippen LogP contribution in [-0.4, -0.2) is 56.2 Å². The molecular weight excluding hydrogens is 470 g/mol. The van der Waals surface area contributed by atoms with Crippen LogP contribution in [0.15, 0.2) is 47.8 Å². The number of ether oxygens (including phenoxy) is 3. The largest absolute Gasteiger partial charge is 0.482 e. The lowest BCUT2D eigenvalue weighted by Gasteiger charge is -2.29. The molecule has 2 aromatic carbocycles. The monoisotopic (exact) mass is 495 g/mol. The van der Waals surface area contributed by atoms with Crippen molar-refractivity contribution in [3.8, 4) is 17.0 Å². The smallest absolute Gasteiger partial charge is 0.338 e. The van der Waals surface area contributed by atoms with E-state index in [0.717, 1.165) is 22.7 Å². The van der Waals surface area contributed by atoms with Crippen LogP contribution in [0.25, 0.3) is 11.3 Å². The Bertz CT molecular complexity index is 1220. The highest BCUT2D eigenvalue weighted by molar-refractivity contribution is 7.09.